The summed E-state index contributed by atoms with van der Waals surface area (Å²) < 4.78 is 42.4. The molecule has 1 atom stereocenters. The minimum atomic E-state index is -4.24. The third kappa shape index (κ3) is 8.44. The van der Waals surface area contributed by atoms with Crippen LogP contribution in [0.3, 0.4) is 0 Å². The van der Waals surface area contributed by atoms with E-state index in [9.17, 15) is 22.4 Å². The lowest BCUT2D eigenvalue weighted by molar-refractivity contribution is -0.140. The number of carbonyl (C=O) groups excluding carboxylic acids is 2. The van der Waals surface area contributed by atoms with Gasteiger partial charge in [-0.1, -0.05) is 73.3 Å². The van der Waals surface area contributed by atoms with E-state index in [-0.39, 0.29) is 39.5 Å². The molecule has 3 aromatic carbocycles. The first-order valence-corrected chi connectivity index (χ1v) is 15.5. The first-order valence-electron chi connectivity index (χ1n) is 13.3. The van der Waals surface area contributed by atoms with Crippen LogP contribution in [-0.4, -0.2) is 44.3 Å². The molecule has 3 aromatic rings. The minimum Gasteiger partial charge on any atom is -0.354 e. The molecule has 7 nitrogen and oxygen atoms in total. The maximum Gasteiger partial charge on any atom is 0.264 e. The van der Waals surface area contributed by atoms with Crippen LogP contribution in [0.25, 0.3) is 0 Å². The number of benzene rings is 3. The molecule has 0 aliphatic heterocycles. The number of unbranched alkanes of at least 4 members (excludes halogenated alkanes) is 1. The molecule has 0 aromatic heterocycles. The lowest BCUT2D eigenvalue weighted by Gasteiger charge is -2.33. The van der Waals surface area contributed by atoms with Gasteiger partial charge in [0.25, 0.3) is 10.0 Å². The molecule has 0 radical (unpaired) electrons. The molecule has 0 saturated carbocycles. The second-order valence-electron chi connectivity index (χ2n) is 9.64. The van der Waals surface area contributed by atoms with Crippen LogP contribution in [0.1, 0.15) is 44.2 Å². The van der Waals surface area contributed by atoms with E-state index in [1.165, 1.54) is 59.5 Å². The Labute approximate surface area is 251 Å². The molecule has 0 unspecified atom stereocenters. The smallest absolute Gasteiger partial charge is 0.264 e. The van der Waals surface area contributed by atoms with Crippen LogP contribution in [0.15, 0.2) is 71.6 Å². The van der Waals surface area contributed by atoms with Gasteiger partial charge in [0.05, 0.1) is 20.6 Å². The highest BCUT2D eigenvalue weighted by molar-refractivity contribution is 7.92. The number of nitrogens with zero attached hydrogens (tertiary/aromatic N) is 2. The van der Waals surface area contributed by atoms with Gasteiger partial charge in [0.15, 0.2) is 0 Å². The van der Waals surface area contributed by atoms with E-state index in [4.69, 9.17) is 23.2 Å². The third-order valence-corrected chi connectivity index (χ3v) is 9.09. The number of sulfonamides is 1. The summed E-state index contributed by atoms with van der Waals surface area (Å²) in [5, 5.41) is 3.21. The van der Waals surface area contributed by atoms with Gasteiger partial charge in [-0.3, -0.25) is 13.9 Å². The van der Waals surface area contributed by atoms with Crippen LogP contribution >= 0.6 is 23.2 Å². The van der Waals surface area contributed by atoms with Crippen molar-refractivity contribution >= 4 is 50.7 Å². The Hall–Kier alpha value is -3.14. The van der Waals surface area contributed by atoms with Crippen molar-refractivity contribution in [3.05, 3.63) is 93.7 Å². The van der Waals surface area contributed by atoms with Crippen LogP contribution in [0.5, 0.6) is 0 Å². The van der Waals surface area contributed by atoms with E-state index in [1.807, 2.05) is 13.8 Å². The zero-order chi connectivity index (χ0) is 30.2. The molecule has 0 saturated heterocycles. The molecule has 0 bridgehead atoms. The number of amides is 2. The van der Waals surface area contributed by atoms with Gasteiger partial charge in [-0.15, -0.1) is 0 Å². The number of hydrogen-bond acceptors (Lipinski definition) is 4. The number of rotatable bonds is 13. The van der Waals surface area contributed by atoms with Crippen molar-refractivity contribution in [3.8, 4) is 0 Å². The molecule has 3 rings (SSSR count). The molecule has 220 valence electrons. The molecule has 0 aliphatic carbocycles. The molecule has 0 fully saturated rings. The fourth-order valence-electron chi connectivity index (χ4n) is 4.22. The number of anilines is 1. The highest BCUT2D eigenvalue weighted by atomic mass is 35.5. The second-order valence-corrected chi connectivity index (χ2v) is 12.3. The fourth-order valence-corrected chi connectivity index (χ4v) is 5.92. The lowest BCUT2D eigenvalue weighted by atomic mass is 10.1. The molecule has 11 heteroatoms. The van der Waals surface area contributed by atoms with Crippen LogP contribution < -0.4 is 9.62 Å². The summed E-state index contributed by atoms with van der Waals surface area (Å²) >= 11 is 12.3. The Balaban J connectivity index is 2.05. The fraction of sp³-hybridized carbons (Fsp3) is 0.333. The normalized spacial score (nSPS) is 12.0. The van der Waals surface area contributed by atoms with Crippen molar-refractivity contribution in [2.45, 2.75) is 57.5 Å². The Bertz CT molecular complexity index is 1450. The number of hydrogen-bond donors (Lipinski definition) is 1. The molecular formula is C30H34Cl2FN3O4S. The van der Waals surface area contributed by atoms with Gasteiger partial charge in [-0.25, -0.2) is 12.8 Å². The van der Waals surface area contributed by atoms with Crippen LogP contribution in [0.2, 0.25) is 10.0 Å². The second kappa shape index (κ2) is 14.7. The molecule has 0 aliphatic rings. The van der Waals surface area contributed by atoms with E-state index >= 15 is 0 Å². The lowest BCUT2D eigenvalue weighted by Crippen LogP contribution is -2.52. The van der Waals surface area contributed by atoms with E-state index in [2.05, 4.69) is 5.32 Å². The summed E-state index contributed by atoms with van der Waals surface area (Å²) in [4.78, 5) is 28.5. The summed E-state index contributed by atoms with van der Waals surface area (Å²) in [6.45, 7) is 5.41. The minimum absolute atomic E-state index is 0.0172. The van der Waals surface area contributed by atoms with Crippen molar-refractivity contribution in [1.82, 2.24) is 10.2 Å². The molecule has 0 heterocycles. The van der Waals surface area contributed by atoms with Crippen molar-refractivity contribution in [2.24, 2.45) is 0 Å². The zero-order valence-electron chi connectivity index (χ0n) is 23.2. The molecule has 41 heavy (non-hydrogen) atoms. The summed E-state index contributed by atoms with van der Waals surface area (Å²) in [5.41, 5.74) is 1.59. The number of halogens is 3. The number of carbonyl (C=O) groups is 2. The topological polar surface area (TPSA) is 86.8 Å². The first-order chi connectivity index (χ1) is 19.5. The van der Waals surface area contributed by atoms with E-state index in [0.29, 0.717) is 12.1 Å². The number of nitrogens with one attached hydrogen (secondary N) is 1. The van der Waals surface area contributed by atoms with E-state index in [1.54, 1.807) is 19.1 Å². The van der Waals surface area contributed by atoms with Crippen molar-refractivity contribution in [2.75, 3.05) is 17.4 Å². The van der Waals surface area contributed by atoms with Crippen LogP contribution in [-0.2, 0) is 26.2 Å². The standard InChI is InChI=1S/C30H34Cl2FN3O4S/c1-4-6-17-34-30(38)28(5-2)35(19-22-9-11-23(33)12-10-22)29(37)20-36(24-13-16-26(31)27(32)18-24)41(39,40)25-14-7-21(3)8-15-25/h7-16,18,28H,4-6,17,19-20H2,1-3H3,(H,34,38)/t28-/m1/s1. The Kier molecular flexibility index (Phi) is 11.6. The average Bonchev–Trinajstić information content (AvgIpc) is 2.94. The van der Waals surface area contributed by atoms with Crippen molar-refractivity contribution in [1.29, 1.82) is 0 Å². The molecule has 2 amide bonds. The summed E-state index contributed by atoms with van der Waals surface area (Å²) in [6, 6.07) is 15.2. The molecular weight excluding hydrogens is 588 g/mol. The summed E-state index contributed by atoms with van der Waals surface area (Å²) in [7, 11) is -4.24. The van der Waals surface area contributed by atoms with Crippen molar-refractivity contribution < 1.29 is 22.4 Å². The van der Waals surface area contributed by atoms with Gasteiger partial charge >= 0.3 is 0 Å². The average molecular weight is 623 g/mol. The Morgan fingerprint density at radius 1 is 0.951 bits per heavy atom. The zero-order valence-corrected chi connectivity index (χ0v) is 25.6. The predicted molar refractivity (Wildman–Crippen MR) is 161 cm³/mol. The SMILES string of the molecule is CCCCNC(=O)[C@@H](CC)N(Cc1ccc(F)cc1)C(=O)CN(c1ccc(Cl)c(Cl)c1)S(=O)(=O)c1ccc(C)cc1. The quantitative estimate of drug-likeness (QED) is 0.225. The highest BCUT2D eigenvalue weighted by Gasteiger charge is 2.33. The van der Waals surface area contributed by atoms with Gasteiger partial charge < -0.3 is 10.2 Å². The summed E-state index contributed by atoms with van der Waals surface area (Å²) in [6.07, 6.45) is 1.93. The molecule has 0 spiro atoms. The van der Waals surface area contributed by atoms with Gasteiger partial charge in [0.1, 0.15) is 18.4 Å². The van der Waals surface area contributed by atoms with Crippen LogP contribution in [0, 0.1) is 12.7 Å². The highest BCUT2D eigenvalue weighted by Crippen LogP contribution is 2.31. The number of aryl methyl sites for hydroxylation is 1. The molecule has 1 N–H and O–H groups in total. The third-order valence-electron chi connectivity index (χ3n) is 6.56. The predicted octanol–water partition coefficient (Wildman–Crippen LogP) is 6.36. The van der Waals surface area contributed by atoms with Gasteiger partial charge in [0, 0.05) is 13.1 Å². The van der Waals surface area contributed by atoms with Gasteiger partial charge in [-0.05, 0) is 67.8 Å². The van der Waals surface area contributed by atoms with E-state index < -0.39 is 34.3 Å². The largest absolute Gasteiger partial charge is 0.354 e. The Morgan fingerprint density at radius 3 is 2.20 bits per heavy atom. The van der Waals surface area contributed by atoms with Crippen molar-refractivity contribution in [3.63, 3.8) is 0 Å². The first kappa shape index (κ1) is 32.4. The van der Waals surface area contributed by atoms with Gasteiger partial charge in [0.2, 0.25) is 11.8 Å². The van der Waals surface area contributed by atoms with Crippen LogP contribution in [0.4, 0.5) is 10.1 Å². The van der Waals surface area contributed by atoms with E-state index in [0.717, 1.165) is 22.7 Å². The maximum absolute atomic E-state index is 14.0. The maximum atomic E-state index is 14.0. The summed E-state index contributed by atoms with van der Waals surface area (Å²) in [5.74, 6) is -1.40. The monoisotopic (exact) mass is 621 g/mol. The van der Waals surface area contributed by atoms with Gasteiger partial charge in [-0.2, -0.15) is 0 Å². The Morgan fingerprint density at radius 2 is 1.61 bits per heavy atom.